The summed E-state index contributed by atoms with van der Waals surface area (Å²) < 4.78 is 0. The van der Waals surface area contributed by atoms with E-state index in [1.165, 1.54) is 18.2 Å². The van der Waals surface area contributed by atoms with Crippen LogP contribution >= 0.6 is 0 Å². The summed E-state index contributed by atoms with van der Waals surface area (Å²) in [7, 11) is 0. The number of carbonyl (C=O) groups excluding carboxylic acids is 2. The Morgan fingerprint density at radius 2 is 2.13 bits per heavy atom. The quantitative estimate of drug-likeness (QED) is 0.644. The van der Waals surface area contributed by atoms with Gasteiger partial charge in [-0.05, 0) is 18.1 Å². The SMILES string of the molecule is C[C@@H]1CC(=O)C=C2C(=O)C=C[C@@H](O)[C@]21C. The Bertz CT molecular complexity index is 392. The highest BCUT2D eigenvalue weighted by Gasteiger charge is 2.47. The molecule has 0 aromatic heterocycles. The van der Waals surface area contributed by atoms with Crippen LogP contribution in [0.3, 0.4) is 0 Å². The molecule has 80 valence electrons. The minimum Gasteiger partial charge on any atom is -0.388 e. The number of fused-ring (bicyclic) bond motifs is 1. The van der Waals surface area contributed by atoms with Gasteiger partial charge in [0.15, 0.2) is 11.6 Å². The second-order valence-electron chi connectivity index (χ2n) is 4.58. The van der Waals surface area contributed by atoms with Gasteiger partial charge < -0.3 is 5.11 Å². The third kappa shape index (κ3) is 1.30. The fraction of sp³-hybridized carbons (Fsp3) is 0.500. The maximum Gasteiger partial charge on any atom is 0.182 e. The zero-order valence-electron chi connectivity index (χ0n) is 8.86. The molecule has 0 fully saturated rings. The van der Waals surface area contributed by atoms with E-state index in [0.717, 1.165) is 0 Å². The third-order valence-electron chi connectivity index (χ3n) is 3.73. The summed E-state index contributed by atoms with van der Waals surface area (Å²) in [6.07, 6.45) is 3.99. The molecule has 2 aliphatic carbocycles. The lowest BCUT2D eigenvalue weighted by Crippen LogP contribution is -2.46. The Labute approximate surface area is 88.5 Å². The van der Waals surface area contributed by atoms with Gasteiger partial charge in [0.1, 0.15) is 0 Å². The maximum atomic E-state index is 11.7. The Balaban J connectivity index is 2.59. The lowest BCUT2D eigenvalue weighted by Gasteiger charge is -2.43. The summed E-state index contributed by atoms with van der Waals surface area (Å²) >= 11 is 0. The van der Waals surface area contributed by atoms with E-state index < -0.39 is 11.5 Å². The van der Waals surface area contributed by atoms with Crippen molar-refractivity contribution in [1.82, 2.24) is 0 Å². The molecule has 15 heavy (non-hydrogen) atoms. The molecule has 0 unspecified atom stereocenters. The molecule has 0 heterocycles. The molecule has 2 aliphatic rings. The van der Waals surface area contributed by atoms with Crippen LogP contribution in [0.5, 0.6) is 0 Å². The normalized spacial score (nSPS) is 40.1. The highest BCUT2D eigenvalue weighted by atomic mass is 16.3. The van der Waals surface area contributed by atoms with E-state index in [-0.39, 0.29) is 17.5 Å². The van der Waals surface area contributed by atoms with Crippen molar-refractivity contribution in [3.8, 4) is 0 Å². The van der Waals surface area contributed by atoms with Crippen LogP contribution in [0, 0.1) is 11.3 Å². The first kappa shape index (κ1) is 10.3. The first-order chi connectivity index (χ1) is 6.96. The van der Waals surface area contributed by atoms with Crippen LogP contribution in [0.1, 0.15) is 20.3 Å². The monoisotopic (exact) mass is 206 g/mol. The Morgan fingerprint density at radius 3 is 2.80 bits per heavy atom. The van der Waals surface area contributed by atoms with Gasteiger partial charge in [-0.25, -0.2) is 0 Å². The summed E-state index contributed by atoms with van der Waals surface area (Å²) in [5.41, 5.74) is -0.138. The van der Waals surface area contributed by atoms with Crippen molar-refractivity contribution in [1.29, 1.82) is 0 Å². The van der Waals surface area contributed by atoms with E-state index in [4.69, 9.17) is 0 Å². The van der Waals surface area contributed by atoms with Gasteiger partial charge >= 0.3 is 0 Å². The van der Waals surface area contributed by atoms with Gasteiger partial charge in [-0.3, -0.25) is 9.59 Å². The molecule has 3 heteroatoms. The number of ketones is 2. The number of carbonyl (C=O) groups is 2. The van der Waals surface area contributed by atoms with Crippen molar-refractivity contribution in [2.75, 3.05) is 0 Å². The minimum atomic E-state index is -0.676. The minimum absolute atomic E-state index is 0.00565. The average Bonchev–Trinajstić information content (AvgIpc) is 2.17. The first-order valence-corrected chi connectivity index (χ1v) is 5.12. The Kier molecular flexibility index (Phi) is 2.15. The molecule has 0 aliphatic heterocycles. The van der Waals surface area contributed by atoms with E-state index >= 15 is 0 Å². The number of aliphatic hydroxyl groups excluding tert-OH is 1. The van der Waals surface area contributed by atoms with Gasteiger partial charge in [-0.2, -0.15) is 0 Å². The van der Waals surface area contributed by atoms with E-state index in [2.05, 4.69) is 0 Å². The van der Waals surface area contributed by atoms with Gasteiger partial charge in [0.25, 0.3) is 0 Å². The molecular formula is C12H14O3. The third-order valence-corrected chi connectivity index (χ3v) is 3.73. The van der Waals surface area contributed by atoms with E-state index in [1.54, 1.807) is 0 Å². The van der Waals surface area contributed by atoms with Crippen LogP contribution in [0.25, 0.3) is 0 Å². The molecule has 0 amide bonds. The highest BCUT2D eigenvalue weighted by molar-refractivity contribution is 6.11. The predicted octanol–water partition coefficient (Wildman–Crippen LogP) is 1.03. The Hall–Kier alpha value is -1.22. The molecular weight excluding hydrogens is 192 g/mol. The number of aliphatic hydroxyl groups is 1. The number of allylic oxidation sites excluding steroid dienone is 2. The van der Waals surface area contributed by atoms with Gasteiger partial charge in [-0.1, -0.05) is 19.9 Å². The number of rotatable bonds is 0. The summed E-state index contributed by atoms with van der Waals surface area (Å²) in [5.74, 6) is -0.178. The van der Waals surface area contributed by atoms with Crippen molar-refractivity contribution in [3.05, 3.63) is 23.8 Å². The van der Waals surface area contributed by atoms with Crippen molar-refractivity contribution in [2.45, 2.75) is 26.4 Å². The van der Waals surface area contributed by atoms with Gasteiger partial charge in [-0.15, -0.1) is 0 Å². The largest absolute Gasteiger partial charge is 0.388 e. The topological polar surface area (TPSA) is 54.4 Å². The van der Waals surface area contributed by atoms with Gasteiger partial charge in [0.2, 0.25) is 0 Å². The molecule has 0 spiro atoms. The zero-order valence-corrected chi connectivity index (χ0v) is 8.86. The van der Waals surface area contributed by atoms with Gasteiger partial charge in [0, 0.05) is 17.4 Å². The predicted molar refractivity (Wildman–Crippen MR) is 55.1 cm³/mol. The molecule has 3 nitrogen and oxygen atoms in total. The molecule has 0 aromatic carbocycles. The van der Waals surface area contributed by atoms with Crippen molar-refractivity contribution in [3.63, 3.8) is 0 Å². The molecule has 0 radical (unpaired) electrons. The Morgan fingerprint density at radius 1 is 1.47 bits per heavy atom. The van der Waals surface area contributed by atoms with Crippen molar-refractivity contribution >= 4 is 11.6 Å². The maximum absolute atomic E-state index is 11.7. The van der Waals surface area contributed by atoms with Crippen molar-refractivity contribution < 1.29 is 14.7 Å². The lowest BCUT2D eigenvalue weighted by molar-refractivity contribution is -0.121. The summed E-state index contributed by atoms with van der Waals surface area (Å²) in [6.45, 7) is 3.75. The van der Waals surface area contributed by atoms with Crippen LogP contribution in [0.15, 0.2) is 23.8 Å². The van der Waals surface area contributed by atoms with Crippen LogP contribution < -0.4 is 0 Å². The molecule has 0 saturated heterocycles. The highest BCUT2D eigenvalue weighted by Crippen LogP contribution is 2.46. The lowest BCUT2D eigenvalue weighted by atomic mass is 9.60. The molecule has 3 atom stereocenters. The first-order valence-electron chi connectivity index (χ1n) is 5.12. The smallest absolute Gasteiger partial charge is 0.182 e. The second kappa shape index (κ2) is 3.14. The molecule has 0 saturated carbocycles. The van der Waals surface area contributed by atoms with Gasteiger partial charge in [0.05, 0.1) is 6.10 Å². The number of hydrogen-bond acceptors (Lipinski definition) is 3. The van der Waals surface area contributed by atoms with Crippen LogP contribution in [0.4, 0.5) is 0 Å². The molecule has 2 rings (SSSR count). The number of hydrogen-bond donors (Lipinski definition) is 1. The van der Waals surface area contributed by atoms with Crippen LogP contribution in [0.2, 0.25) is 0 Å². The molecule has 1 N–H and O–H groups in total. The second-order valence-corrected chi connectivity index (χ2v) is 4.58. The summed E-state index contributed by atoms with van der Waals surface area (Å²) in [4.78, 5) is 23.0. The fourth-order valence-corrected chi connectivity index (χ4v) is 2.41. The zero-order chi connectivity index (χ0) is 11.2. The van der Waals surface area contributed by atoms with E-state index in [1.807, 2.05) is 13.8 Å². The van der Waals surface area contributed by atoms with E-state index in [9.17, 15) is 14.7 Å². The average molecular weight is 206 g/mol. The van der Waals surface area contributed by atoms with Crippen molar-refractivity contribution in [2.24, 2.45) is 11.3 Å². The summed E-state index contributed by atoms with van der Waals surface area (Å²) in [5, 5.41) is 9.95. The summed E-state index contributed by atoms with van der Waals surface area (Å²) in [6, 6.07) is 0. The molecule has 0 aromatic rings. The molecule has 0 bridgehead atoms. The fourth-order valence-electron chi connectivity index (χ4n) is 2.41. The standard InChI is InChI=1S/C12H14O3/c1-7-5-8(13)6-9-10(14)3-4-11(15)12(7,9)2/h3-4,6-7,11,15H,5H2,1-2H3/t7-,11-,12+/m1/s1. The van der Waals surface area contributed by atoms with Crippen LogP contribution in [-0.2, 0) is 9.59 Å². The van der Waals surface area contributed by atoms with Crippen LogP contribution in [-0.4, -0.2) is 22.8 Å². The van der Waals surface area contributed by atoms with E-state index in [0.29, 0.717) is 12.0 Å².